The maximum atomic E-state index is 11.5. The van der Waals surface area contributed by atoms with Crippen LogP contribution in [0, 0.1) is 0 Å². The Kier molecular flexibility index (Phi) is 4.73. The van der Waals surface area contributed by atoms with E-state index in [1.165, 1.54) is 12.7 Å². The molecule has 98 valence electrons. The van der Waals surface area contributed by atoms with Gasteiger partial charge in [0.25, 0.3) is 0 Å². The summed E-state index contributed by atoms with van der Waals surface area (Å²) in [5.41, 5.74) is 1.34. The number of rotatable bonds is 4. The molecule has 18 heavy (non-hydrogen) atoms. The Morgan fingerprint density at radius 1 is 1.44 bits per heavy atom. The summed E-state index contributed by atoms with van der Waals surface area (Å²) < 4.78 is 4.77. The van der Waals surface area contributed by atoms with Crippen LogP contribution < -0.4 is 5.32 Å². The van der Waals surface area contributed by atoms with E-state index in [0.29, 0.717) is 0 Å². The quantitative estimate of drug-likeness (QED) is 0.796. The first-order valence-electron chi connectivity index (χ1n) is 6.37. The van der Waals surface area contributed by atoms with Crippen LogP contribution in [0.1, 0.15) is 5.56 Å². The van der Waals surface area contributed by atoms with Gasteiger partial charge in [0.15, 0.2) is 0 Å². The molecule has 0 saturated carbocycles. The van der Waals surface area contributed by atoms with Crippen molar-refractivity contribution in [3.8, 4) is 0 Å². The molecule has 4 heteroatoms. The summed E-state index contributed by atoms with van der Waals surface area (Å²) in [6.45, 7) is 3.55. The Morgan fingerprint density at radius 3 is 2.94 bits per heavy atom. The van der Waals surface area contributed by atoms with Crippen LogP contribution in [0.25, 0.3) is 0 Å². The van der Waals surface area contributed by atoms with E-state index in [-0.39, 0.29) is 12.0 Å². The van der Waals surface area contributed by atoms with Gasteiger partial charge in [-0.3, -0.25) is 9.69 Å². The summed E-state index contributed by atoms with van der Waals surface area (Å²) in [6, 6.07) is 10.2. The van der Waals surface area contributed by atoms with Crippen molar-refractivity contribution in [3.05, 3.63) is 35.9 Å². The monoisotopic (exact) mass is 248 g/mol. The molecule has 0 amide bonds. The summed E-state index contributed by atoms with van der Waals surface area (Å²) in [6.07, 6.45) is 1.02. The largest absolute Gasteiger partial charge is 0.468 e. The first-order valence-corrected chi connectivity index (χ1v) is 6.37. The molecule has 1 unspecified atom stereocenters. The minimum Gasteiger partial charge on any atom is -0.468 e. The van der Waals surface area contributed by atoms with Crippen molar-refractivity contribution < 1.29 is 9.53 Å². The molecule has 2 rings (SSSR count). The number of hydrogen-bond donors (Lipinski definition) is 1. The van der Waals surface area contributed by atoms with Crippen LogP contribution in [-0.4, -0.2) is 50.2 Å². The van der Waals surface area contributed by atoms with Gasteiger partial charge in [-0.2, -0.15) is 0 Å². The van der Waals surface area contributed by atoms with Crippen LogP contribution in [-0.2, 0) is 16.0 Å². The minimum atomic E-state index is -0.181. The third-order valence-electron chi connectivity index (χ3n) is 3.30. The van der Waals surface area contributed by atoms with Crippen molar-refractivity contribution in [1.82, 2.24) is 10.2 Å². The molecule has 0 aromatic heterocycles. The topological polar surface area (TPSA) is 41.6 Å². The van der Waals surface area contributed by atoms with E-state index in [4.69, 9.17) is 4.74 Å². The van der Waals surface area contributed by atoms with Gasteiger partial charge in [0.05, 0.1) is 7.11 Å². The van der Waals surface area contributed by atoms with Crippen LogP contribution in [0.5, 0.6) is 0 Å². The third-order valence-corrected chi connectivity index (χ3v) is 3.30. The summed E-state index contributed by atoms with van der Waals surface area (Å²) in [7, 11) is 1.44. The molecule has 1 fully saturated rings. The highest BCUT2D eigenvalue weighted by Crippen LogP contribution is 2.05. The van der Waals surface area contributed by atoms with Crippen molar-refractivity contribution in [1.29, 1.82) is 0 Å². The second kappa shape index (κ2) is 6.52. The zero-order chi connectivity index (χ0) is 12.8. The number of ether oxygens (including phenoxy) is 1. The second-order valence-electron chi connectivity index (χ2n) is 4.57. The number of hydrogen-bond acceptors (Lipinski definition) is 4. The van der Waals surface area contributed by atoms with Gasteiger partial charge in [-0.1, -0.05) is 30.3 Å². The highest BCUT2D eigenvalue weighted by atomic mass is 16.5. The van der Waals surface area contributed by atoms with Crippen LogP contribution >= 0.6 is 0 Å². The van der Waals surface area contributed by atoms with Crippen molar-refractivity contribution in [3.63, 3.8) is 0 Å². The lowest BCUT2D eigenvalue weighted by molar-refractivity contribution is -0.144. The number of carbonyl (C=O) groups excluding carboxylic acids is 1. The van der Waals surface area contributed by atoms with Gasteiger partial charge in [0.2, 0.25) is 0 Å². The van der Waals surface area contributed by atoms with E-state index in [1.807, 2.05) is 6.07 Å². The van der Waals surface area contributed by atoms with Crippen molar-refractivity contribution in [2.45, 2.75) is 12.5 Å². The van der Waals surface area contributed by atoms with E-state index in [0.717, 1.165) is 32.6 Å². The van der Waals surface area contributed by atoms with Gasteiger partial charge < -0.3 is 10.1 Å². The van der Waals surface area contributed by atoms with Crippen molar-refractivity contribution >= 4 is 5.97 Å². The Bertz CT molecular complexity index is 381. The maximum absolute atomic E-state index is 11.5. The molecule has 1 aliphatic rings. The molecular weight excluding hydrogens is 228 g/mol. The summed E-state index contributed by atoms with van der Waals surface area (Å²) in [5.74, 6) is -0.167. The first-order chi connectivity index (χ1) is 8.79. The molecule has 1 N–H and O–H groups in total. The van der Waals surface area contributed by atoms with Crippen LogP contribution in [0.15, 0.2) is 30.3 Å². The Hall–Kier alpha value is -1.39. The third kappa shape index (κ3) is 3.55. The van der Waals surface area contributed by atoms with Gasteiger partial charge in [-0.15, -0.1) is 0 Å². The van der Waals surface area contributed by atoms with Gasteiger partial charge >= 0.3 is 5.97 Å². The number of carbonyl (C=O) groups is 1. The molecule has 0 radical (unpaired) electrons. The Morgan fingerprint density at radius 2 is 2.22 bits per heavy atom. The minimum absolute atomic E-state index is 0.167. The SMILES string of the molecule is COC(=O)C1CN(CCc2ccccc2)CCN1. The van der Waals surface area contributed by atoms with Crippen LogP contribution in [0.3, 0.4) is 0 Å². The molecule has 1 atom stereocenters. The number of nitrogens with one attached hydrogen (secondary N) is 1. The van der Waals surface area contributed by atoms with Gasteiger partial charge in [0, 0.05) is 26.2 Å². The molecule has 1 saturated heterocycles. The smallest absolute Gasteiger partial charge is 0.324 e. The zero-order valence-corrected chi connectivity index (χ0v) is 10.8. The molecular formula is C14H20N2O2. The van der Waals surface area contributed by atoms with Gasteiger partial charge in [0.1, 0.15) is 6.04 Å². The summed E-state index contributed by atoms with van der Waals surface area (Å²) in [5, 5.41) is 3.18. The lowest BCUT2D eigenvalue weighted by atomic mass is 10.1. The molecule has 1 aromatic carbocycles. The standard InChI is InChI=1S/C14H20N2O2/c1-18-14(17)13-11-16(10-8-15-13)9-7-12-5-3-2-4-6-12/h2-6,13,15H,7-11H2,1H3. The molecule has 0 bridgehead atoms. The molecule has 0 aliphatic carbocycles. The highest BCUT2D eigenvalue weighted by molar-refractivity contribution is 5.76. The first kappa shape index (κ1) is 13.1. The van der Waals surface area contributed by atoms with E-state index < -0.39 is 0 Å². The van der Waals surface area contributed by atoms with Crippen molar-refractivity contribution in [2.75, 3.05) is 33.3 Å². The number of methoxy groups -OCH3 is 1. The van der Waals surface area contributed by atoms with Crippen molar-refractivity contribution in [2.24, 2.45) is 0 Å². The lowest BCUT2D eigenvalue weighted by Crippen LogP contribution is -2.54. The molecule has 4 nitrogen and oxygen atoms in total. The Labute approximate surface area is 108 Å². The van der Waals surface area contributed by atoms with Crippen LogP contribution in [0.4, 0.5) is 0 Å². The fourth-order valence-corrected chi connectivity index (χ4v) is 2.25. The predicted octanol–water partition coefficient (Wildman–Crippen LogP) is 0.676. The molecule has 0 spiro atoms. The molecule has 1 aliphatic heterocycles. The number of benzene rings is 1. The van der Waals surface area contributed by atoms with Crippen LogP contribution in [0.2, 0.25) is 0 Å². The zero-order valence-electron chi connectivity index (χ0n) is 10.8. The van der Waals surface area contributed by atoms with E-state index in [1.54, 1.807) is 0 Å². The molecule has 1 aromatic rings. The van der Waals surface area contributed by atoms with E-state index in [9.17, 15) is 4.79 Å². The summed E-state index contributed by atoms with van der Waals surface area (Å²) >= 11 is 0. The molecule has 1 heterocycles. The maximum Gasteiger partial charge on any atom is 0.324 e. The number of esters is 1. The second-order valence-corrected chi connectivity index (χ2v) is 4.57. The van der Waals surface area contributed by atoms with E-state index in [2.05, 4.69) is 34.5 Å². The fraction of sp³-hybridized carbons (Fsp3) is 0.500. The predicted molar refractivity (Wildman–Crippen MR) is 70.4 cm³/mol. The average Bonchev–Trinajstić information content (AvgIpc) is 2.45. The normalized spacial score (nSPS) is 20.6. The summed E-state index contributed by atoms with van der Waals surface area (Å²) in [4.78, 5) is 13.8. The van der Waals surface area contributed by atoms with Gasteiger partial charge in [-0.05, 0) is 12.0 Å². The fourth-order valence-electron chi connectivity index (χ4n) is 2.25. The Balaban J connectivity index is 1.81. The van der Waals surface area contributed by atoms with Gasteiger partial charge in [-0.25, -0.2) is 0 Å². The lowest BCUT2D eigenvalue weighted by Gasteiger charge is -2.32. The van der Waals surface area contributed by atoms with E-state index >= 15 is 0 Å². The average molecular weight is 248 g/mol. The number of nitrogens with zero attached hydrogens (tertiary/aromatic N) is 1. The highest BCUT2D eigenvalue weighted by Gasteiger charge is 2.25. The number of piperazine rings is 1.